The molecule has 5 nitrogen and oxygen atoms in total. The van der Waals surface area contributed by atoms with Crippen molar-refractivity contribution in [3.05, 3.63) is 34.6 Å². The Labute approximate surface area is 151 Å². The van der Waals surface area contributed by atoms with Gasteiger partial charge in [0.05, 0.1) is 18.2 Å². The van der Waals surface area contributed by atoms with Crippen molar-refractivity contribution in [3.8, 4) is 11.5 Å². The van der Waals surface area contributed by atoms with Gasteiger partial charge >= 0.3 is 0 Å². The van der Waals surface area contributed by atoms with Gasteiger partial charge < -0.3 is 9.52 Å². The van der Waals surface area contributed by atoms with Gasteiger partial charge in [-0.2, -0.15) is 0 Å². The summed E-state index contributed by atoms with van der Waals surface area (Å²) in [5, 5.41) is 18.2. The van der Waals surface area contributed by atoms with Crippen LogP contribution in [0.25, 0.3) is 11.5 Å². The van der Waals surface area contributed by atoms with Crippen LogP contribution in [0.3, 0.4) is 0 Å². The maximum atomic E-state index is 9.84. The molecule has 1 aliphatic rings. The highest BCUT2D eigenvalue weighted by atomic mass is 79.9. The molecule has 1 heterocycles. The van der Waals surface area contributed by atoms with Crippen molar-refractivity contribution in [1.29, 1.82) is 0 Å². The first-order valence-electron chi connectivity index (χ1n) is 8.63. The number of hydrogen-bond donors (Lipinski definition) is 1. The van der Waals surface area contributed by atoms with Gasteiger partial charge in [-0.3, -0.25) is 4.90 Å². The first-order valence-corrected chi connectivity index (χ1v) is 9.42. The largest absolute Gasteiger partial charge is 0.419 e. The van der Waals surface area contributed by atoms with E-state index in [0.29, 0.717) is 30.9 Å². The van der Waals surface area contributed by atoms with Crippen LogP contribution in [0, 0.1) is 0 Å². The Morgan fingerprint density at radius 3 is 2.71 bits per heavy atom. The second-order valence-corrected chi connectivity index (χ2v) is 7.41. The molecule has 0 spiro atoms. The Morgan fingerprint density at radius 1 is 1.25 bits per heavy atom. The predicted octanol–water partition coefficient (Wildman–Crippen LogP) is 4.01. The maximum absolute atomic E-state index is 9.84. The molecular weight excluding hydrogens is 370 g/mol. The van der Waals surface area contributed by atoms with Crippen LogP contribution in [0.1, 0.15) is 44.9 Å². The highest BCUT2D eigenvalue weighted by Crippen LogP contribution is 2.28. The van der Waals surface area contributed by atoms with E-state index in [1.54, 1.807) is 0 Å². The summed E-state index contributed by atoms with van der Waals surface area (Å²) in [6.07, 6.45) is 5.82. The number of aromatic nitrogens is 2. The van der Waals surface area contributed by atoms with E-state index in [1.165, 1.54) is 32.1 Å². The van der Waals surface area contributed by atoms with Gasteiger partial charge in [-0.15, -0.1) is 10.2 Å². The molecule has 0 saturated heterocycles. The molecule has 2 aromatic rings. The Morgan fingerprint density at radius 2 is 2.00 bits per heavy atom. The van der Waals surface area contributed by atoms with Gasteiger partial charge in [0.2, 0.25) is 11.8 Å². The monoisotopic (exact) mass is 393 g/mol. The summed E-state index contributed by atoms with van der Waals surface area (Å²) in [5.41, 5.74) is 0.899. The Kier molecular flexibility index (Phi) is 6.03. The van der Waals surface area contributed by atoms with Gasteiger partial charge in [0.1, 0.15) is 0 Å². The van der Waals surface area contributed by atoms with Crippen molar-refractivity contribution in [2.45, 2.75) is 57.7 Å². The van der Waals surface area contributed by atoms with E-state index in [2.05, 4.69) is 31.0 Å². The van der Waals surface area contributed by atoms with E-state index in [4.69, 9.17) is 4.42 Å². The normalized spacial score (nSPS) is 17.3. The molecule has 1 aromatic heterocycles. The van der Waals surface area contributed by atoms with Gasteiger partial charge in [-0.25, -0.2) is 0 Å². The first kappa shape index (κ1) is 17.6. The summed E-state index contributed by atoms with van der Waals surface area (Å²) < 4.78 is 6.82. The minimum atomic E-state index is -0.363. The lowest BCUT2D eigenvalue weighted by Crippen LogP contribution is -2.40. The minimum Gasteiger partial charge on any atom is -0.419 e. The van der Waals surface area contributed by atoms with E-state index in [-0.39, 0.29) is 6.10 Å². The SMILES string of the molecule is CC(O)CN(Cc1nnc(-c2ccccc2Br)o1)C1CCCCC1. The van der Waals surface area contributed by atoms with Gasteiger partial charge in [-0.05, 0) is 47.8 Å². The zero-order valence-electron chi connectivity index (χ0n) is 14.0. The number of aliphatic hydroxyl groups excluding tert-OH is 1. The molecule has 6 heteroatoms. The summed E-state index contributed by atoms with van der Waals surface area (Å²) in [7, 11) is 0. The molecule has 3 rings (SSSR count). The van der Waals surface area contributed by atoms with Crippen molar-refractivity contribution in [1.82, 2.24) is 15.1 Å². The van der Waals surface area contributed by atoms with Crippen LogP contribution in [0.2, 0.25) is 0 Å². The number of rotatable bonds is 6. The summed E-state index contributed by atoms with van der Waals surface area (Å²) in [4.78, 5) is 2.29. The lowest BCUT2D eigenvalue weighted by Gasteiger charge is -2.34. The van der Waals surface area contributed by atoms with Gasteiger partial charge in [0.25, 0.3) is 0 Å². The van der Waals surface area contributed by atoms with Crippen molar-refractivity contribution in [2.75, 3.05) is 6.54 Å². The third-order valence-electron chi connectivity index (χ3n) is 4.50. The molecule has 0 aliphatic heterocycles. The number of benzene rings is 1. The quantitative estimate of drug-likeness (QED) is 0.802. The maximum Gasteiger partial charge on any atom is 0.248 e. The van der Waals surface area contributed by atoms with Crippen molar-refractivity contribution >= 4 is 15.9 Å². The molecule has 1 N–H and O–H groups in total. The smallest absolute Gasteiger partial charge is 0.248 e. The lowest BCUT2D eigenvalue weighted by molar-refractivity contribution is 0.0706. The minimum absolute atomic E-state index is 0.363. The van der Waals surface area contributed by atoms with Crippen molar-refractivity contribution < 1.29 is 9.52 Å². The topological polar surface area (TPSA) is 62.4 Å². The van der Waals surface area contributed by atoms with Crippen LogP contribution in [0.4, 0.5) is 0 Å². The molecule has 1 atom stereocenters. The fourth-order valence-electron chi connectivity index (χ4n) is 3.36. The lowest BCUT2D eigenvalue weighted by atomic mass is 9.94. The van der Waals surface area contributed by atoms with Crippen LogP contribution in [-0.2, 0) is 6.54 Å². The second kappa shape index (κ2) is 8.23. The van der Waals surface area contributed by atoms with Gasteiger partial charge in [0, 0.05) is 17.1 Å². The third-order valence-corrected chi connectivity index (χ3v) is 5.19. The molecule has 0 radical (unpaired) electrons. The molecule has 1 aromatic carbocycles. The molecule has 24 heavy (non-hydrogen) atoms. The summed E-state index contributed by atoms with van der Waals surface area (Å²) >= 11 is 3.52. The van der Waals surface area contributed by atoms with Gasteiger partial charge in [-0.1, -0.05) is 31.4 Å². The summed E-state index contributed by atoms with van der Waals surface area (Å²) in [6.45, 7) is 3.06. The predicted molar refractivity (Wildman–Crippen MR) is 96.4 cm³/mol. The Bertz CT molecular complexity index is 653. The standard InChI is InChI=1S/C18H24BrN3O2/c1-13(23)11-22(14-7-3-2-4-8-14)12-17-20-21-18(24-17)15-9-5-6-10-16(15)19/h5-6,9-10,13-14,23H,2-4,7-8,11-12H2,1H3. The molecule has 1 fully saturated rings. The van der Waals surface area contributed by atoms with E-state index < -0.39 is 0 Å². The number of hydrogen-bond acceptors (Lipinski definition) is 5. The fourth-order valence-corrected chi connectivity index (χ4v) is 3.82. The molecule has 0 amide bonds. The van der Waals surface area contributed by atoms with E-state index in [0.717, 1.165) is 10.0 Å². The highest BCUT2D eigenvalue weighted by Gasteiger charge is 2.24. The average molecular weight is 394 g/mol. The molecule has 0 bridgehead atoms. The number of aliphatic hydroxyl groups is 1. The third kappa shape index (κ3) is 4.43. The fraction of sp³-hybridized carbons (Fsp3) is 0.556. The van der Waals surface area contributed by atoms with Gasteiger partial charge in [0.15, 0.2) is 0 Å². The highest BCUT2D eigenvalue weighted by molar-refractivity contribution is 9.10. The summed E-state index contributed by atoms with van der Waals surface area (Å²) in [5.74, 6) is 1.13. The molecule has 1 saturated carbocycles. The molecule has 130 valence electrons. The zero-order valence-corrected chi connectivity index (χ0v) is 15.6. The number of halogens is 1. The zero-order chi connectivity index (χ0) is 16.9. The van der Waals surface area contributed by atoms with E-state index in [9.17, 15) is 5.11 Å². The van der Waals surface area contributed by atoms with Crippen LogP contribution in [0.15, 0.2) is 33.2 Å². The van der Waals surface area contributed by atoms with Crippen LogP contribution in [-0.4, -0.2) is 38.9 Å². The first-order chi connectivity index (χ1) is 11.6. The number of nitrogens with zero attached hydrogens (tertiary/aromatic N) is 3. The van der Waals surface area contributed by atoms with E-state index >= 15 is 0 Å². The molecule has 1 aliphatic carbocycles. The van der Waals surface area contributed by atoms with Crippen molar-refractivity contribution in [2.24, 2.45) is 0 Å². The Balaban J connectivity index is 1.74. The summed E-state index contributed by atoms with van der Waals surface area (Å²) in [6, 6.07) is 8.31. The molecular formula is C18H24BrN3O2. The molecule has 1 unspecified atom stereocenters. The van der Waals surface area contributed by atoms with Crippen molar-refractivity contribution in [3.63, 3.8) is 0 Å². The van der Waals surface area contributed by atoms with E-state index in [1.807, 2.05) is 31.2 Å². The van der Waals surface area contributed by atoms with Crippen LogP contribution >= 0.6 is 15.9 Å². The second-order valence-electron chi connectivity index (χ2n) is 6.55. The Hall–Kier alpha value is -1.24. The van der Waals surface area contributed by atoms with Crippen LogP contribution in [0.5, 0.6) is 0 Å². The average Bonchev–Trinajstić information content (AvgIpc) is 3.03. The van der Waals surface area contributed by atoms with Crippen LogP contribution < -0.4 is 0 Å².